The van der Waals surface area contributed by atoms with Crippen LogP contribution in [0.3, 0.4) is 0 Å². The summed E-state index contributed by atoms with van der Waals surface area (Å²) in [7, 11) is 0. The van der Waals surface area contributed by atoms with Crippen molar-refractivity contribution in [2.75, 3.05) is 45.9 Å². The Kier molecular flexibility index (Phi) is 4.59. The van der Waals surface area contributed by atoms with Gasteiger partial charge in [0.2, 0.25) is 0 Å². The zero-order valence-electron chi connectivity index (χ0n) is 11.2. The molecule has 104 valence electrons. The van der Waals surface area contributed by atoms with Gasteiger partial charge in [0.15, 0.2) is 0 Å². The summed E-state index contributed by atoms with van der Waals surface area (Å²) in [6, 6.07) is 0. The van der Waals surface area contributed by atoms with Crippen molar-refractivity contribution in [1.29, 1.82) is 0 Å². The largest absolute Gasteiger partial charge is 0.480 e. The van der Waals surface area contributed by atoms with Crippen molar-refractivity contribution in [3.8, 4) is 0 Å². The summed E-state index contributed by atoms with van der Waals surface area (Å²) in [4.78, 5) is 16.1. The Bertz CT molecular complexity index is 292. The standard InChI is InChI=1S/C13H24N2O3/c1-2-13(12(16)17)4-3-5-15(13)7-6-14-8-10-18-11-9-14/h2-11H2,1H3,(H,16,17). The Morgan fingerprint density at radius 3 is 2.61 bits per heavy atom. The minimum absolute atomic E-state index is 0.605. The Hall–Kier alpha value is -0.650. The van der Waals surface area contributed by atoms with Crippen LogP contribution < -0.4 is 0 Å². The van der Waals surface area contributed by atoms with E-state index in [2.05, 4.69) is 9.80 Å². The molecule has 0 spiro atoms. The fourth-order valence-corrected chi connectivity index (χ4v) is 3.14. The highest BCUT2D eigenvalue weighted by Gasteiger charge is 2.45. The van der Waals surface area contributed by atoms with Crippen LogP contribution in [0.5, 0.6) is 0 Å². The predicted molar refractivity (Wildman–Crippen MR) is 68.7 cm³/mol. The smallest absolute Gasteiger partial charge is 0.324 e. The molecule has 0 aromatic heterocycles. The third kappa shape index (κ3) is 2.68. The van der Waals surface area contributed by atoms with E-state index in [4.69, 9.17) is 4.74 Å². The molecule has 5 heteroatoms. The van der Waals surface area contributed by atoms with Crippen molar-refractivity contribution in [3.05, 3.63) is 0 Å². The number of hydrogen-bond donors (Lipinski definition) is 1. The normalized spacial score (nSPS) is 30.7. The van der Waals surface area contributed by atoms with Gasteiger partial charge in [0, 0.05) is 26.2 Å². The van der Waals surface area contributed by atoms with Gasteiger partial charge >= 0.3 is 5.97 Å². The van der Waals surface area contributed by atoms with Gasteiger partial charge in [-0.15, -0.1) is 0 Å². The van der Waals surface area contributed by atoms with E-state index >= 15 is 0 Å². The van der Waals surface area contributed by atoms with Crippen molar-refractivity contribution in [1.82, 2.24) is 9.80 Å². The summed E-state index contributed by atoms with van der Waals surface area (Å²) in [6.45, 7) is 8.28. The second-order valence-electron chi connectivity index (χ2n) is 5.23. The van der Waals surface area contributed by atoms with Crippen LogP contribution in [0, 0.1) is 0 Å². The molecule has 0 aromatic carbocycles. The average molecular weight is 256 g/mol. The summed E-state index contributed by atoms with van der Waals surface area (Å²) in [6.07, 6.45) is 2.50. The van der Waals surface area contributed by atoms with Gasteiger partial charge in [-0.3, -0.25) is 14.6 Å². The Morgan fingerprint density at radius 2 is 2.00 bits per heavy atom. The number of carboxylic acid groups (broad SMARTS) is 1. The van der Waals surface area contributed by atoms with Gasteiger partial charge in [-0.25, -0.2) is 0 Å². The fraction of sp³-hybridized carbons (Fsp3) is 0.923. The molecule has 2 fully saturated rings. The third-order valence-corrected chi connectivity index (χ3v) is 4.40. The molecule has 0 aliphatic carbocycles. The number of hydrogen-bond acceptors (Lipinski definition) is 4. The molecule has 18 heavy (non-hydrogen) atoms. The fourth-order valence-electron chi connectivity index (χ4n) is 3.14. The molecule has 0 saturated carbocycles. The number of carbonyl (C=O) groups is 1. The van der Waals surface area contributed by atoms with Crippen LogP contribution in [0.25, 0.3) is 0 Å². The molecule has 1 N–H and O–H groups in total. The van der Waals surface area contributed by atoms with Crippen LogP contribution in [0.4, 0.5) is 0 Å². The maximum Gasteiger partial charge on any atom is 0.324 e. The molecule has 2 aliphatic heterocycles. The molecule has 2 rings (SSSR count). The van der Waals surface area contributed by atoms with Gasteiger partial charge in [-0.05, 0) is 25.8 Å². The molecule has 1 atom stereocenters. The minimum Gasteiger partial charge on any atom is -0.480 e. The zero-order chi connectivity index (χ0) is 13.0. The van der Waals surface area contributed by atoms with Crippen molar-refractivity contribution in [2.45, 2.75) is 31.7 Å². The number of nitrogens with zero attached hydrogens (tertiary/aromatic N) is 2. The number of carboxylic acids is 1. The lowest BCUT2D eigenvalue weighted by Crippen LogP contribution is -2.52. The molecule has 2 heterocycles. The first-order chi connectivity index (χ1) is 8.69. The van der Waals surface area contributed by atoms with E-state index in [1.807, 2.05) is 6.92 Å². The first-order valence-electron chi connectivity index (χ1n) is 6.97. The lowest BCUT2D eigenvalue weighted by Gasteiger charge is -2.36. The van der Waals surface area contributed by atoms with Gasteiger partial charge < -0.3 is 9.84 Å². The van der Waals surface area contributed by atoms with Crippen molar-refractivity contribution in [2.24, 2.45) is 0 Å². The van der Waals surface area contributed by atoms with E-state index in [1.165, 1.54) is 0 Å². The van der Waals surface area contributed by atoms with Crippen molar-refractivity contribution < 1.29 is 14.6 Å². The number of rotatable bonds is 5. The number of morpholine rings is 1. The summed E-state index contributed by atoms with van der Waals surface area (Å²) in [5.41, 5.74) is -0.605. The van der Waals surface area contributed by atoms with Crippen LogP contribution in [0.2, 0.25) is 0 Å². The molecule has 2 aliphatic rings. The first kappa shape index (κ1) is 13.8. The SMILES string of the molecule is CCC1(C(=O)O)CCCN1CCN1CCOCC1. The molecular formula is C13H24N2O3. The summed E-state index contributed by atoms with van der Waals surface area (Å²) >= 11 is 0. The van der Waals surface area contributed by atoms with Crippen LogP contribution in [0.1, 0.15) is 26.2 Å². The van der Waals surface area contributed by atoms with Crippen LogP contribution in [0.15, 0.2) is 0 Å². The van der Waals surface area contributed by atoms with Crippen LogP contribution >= 0.6 is 0 Å². The van der Waals surface area contributed by atoms with Gasteiger partial charge in [-0.2, -0.15) is 0 Å². The summed E-state index contributed by atoms with van der Waals surface area (Å²) in [5, 5.41) is 9.50. The maximum atomic E-state index is 11.5. The lowest BCUT2D eigenvalue weighted by molar-refractivity contribution is -0.150. The monoisotopic (exact) mass is 256 g/mol. The van der Waals surface area contributed by atoms with Crippen LogP contribution in [-0.4, -0.2) is 72.4 Å². The molecular weight excluding hydrogens is 232 g/mol. The second kappa shape index (κ2) is 5.99. The Morgan fingerprint density at radius 1 is 1.28 bits per heavy atom. The van der Waals surface area contributed by atoms with Crippen molar-refractivity contribution in [3.63, 3.8) is 0 Å². The third-order valence-electron chi connectivity index (χ3n) is 4.40. The van der Waals surface area contributed by atoms with Gasteiger partial charge in [0.1, 0.15) is 5.54 Å². The van der Waals surface area contributed by atoms with E-state index in [9.17, 15) is 9.90 Å². The molecule has 1 unspecified atom stereocenters. The first-order valence-corrected chi connectivity index (χ1v) is 6.97. The molecule has 0 bridgehead atoms. The van der Waals surface area contributed by atoms with Gasteiger partial charge in [-0.1, -0.05) is 6.92 Å². The summed E-state index contributed by atoms with van der Waals surface area (Å²) in [5.74, 6) is -0.649. The minimum atomic E-state index is -0.649. The molecule has 0 aromatic rings. The van der Waals surface area contributed by atoms with Gasteiger partial charge in [0.05, 0.1) is 13.2 Å². The second-order valence-corrected chi connectivity index (χ2v) is 5.23. The Balaban J connectivity index is 1.89. The van der Waals surface area contributed by atoms with E-state index in [0.29, 0.717) is 6.42 Å². The molecule has 0 radical (unpaired) electrons. The van der Waals surface area contributed by atoms with E-state index in [1.54, 1.807) is 0 Å². The lowest BCUT2D eigenvalue weighted by atomic mass is 9.93. The predicted octanol–water partition coefficient (Wildman–Crippen LogP) is 0.648. The van der Waals surface area contributed by atoms with E-state index < -0.39 is 11.5 Å². The van der Waals surface area contributed by atoms with Crippen molar-refractivity contribution >= 4 is 5.97 Å². The number of ether oxygens (including phenoxy) is 1. The van der Waals surface area contributed by atoms with E-state index in [0.717, 1.165) is 58.8 Å². The van der Waals surface area contributed by atoms with E-state index in [-0.39, 0.29) is 0 Å². The molecule has 0 amide bonds. The number of aliphatic carboxylic acids is 1. The highest BCUT2D eigenvalue weighted by Crippen LogP contribution is 2.32. The maximum absolute atomic E-state index is 11.5. The average Bonchev–Trinajstić information content (AvgIpc) is 2.81. The zero-order valence-corrected chi connectivity index (χ0v) is 11.2. The molecule has 2 saturated heterocycles. The van der Waals surface area contributed by atoms with Gasteiger partial charge in [0.25, 0.3) is 0 Å². The summed E-state index contributed by atoms with van der Waals surface area (Å²) < 4.78 is 5.32. The Labute approximate surface area is 109 Å². The topological polar surface area (TPSA) is 53.0 Å². The number of likely N-dealkylation sites (tertiary alicyclic amines) is 1. The molecule has 5 nitrogen and oxygen atoms in total. The quantitative estimate of drug-likeness (QED) is 0.782. The highest BCUT2D eigenvalue weighted by atomic mass is 16.5. The van der Waals surface area contributed by atoms with Crippen LogP contribution in [-0.2, 0) is 9.53 Å². The highest BCUT2D eigenvalue weighted by molar-refractivity contribution is 5.79.